The van der Waals surface area contributed by atoms with E-state index in [1.165, 1.54) is 0 Å². The Kier molecular flexibility index (Phi) is 9.94. The van der Waals surface area contributed by atoms with E-state index in [-0.39, 0.29) is 5.97 Å². The first kappa shape index (κ1) is 17.7. The molecule has 0 radical (unpaired) electrons. The smallest absolute Gasteiger partial charge is 0.348 e. The van der Waals surface area contributed by atoms with Crippen LogP contribution in [0.5, 0.6) is 0 Å². The summed E-state index contributed by atoms with van der Waals surface area (Å²) in [7, 11) is 0. The van der Waals surface area contributed by atoms with Crippen LogP contribution in [-0.4, -0.2) is 23.6 Å². The van der Waals surface area contributed by atoms with Crippen LogP contribution in [0, 0.1) is 5.92 Å². The standard InChI is InChI=1S/C14H28N2O3/c1-4-7-9-12(6-3)11-13(17)19-16(14(15)18)10-8-5-2/h12H,4-11H2,1-3H3,(H2,15,18). The number of nitrogens with two attached hydrogens (primary N) is 1. The van der Waals surface area contributed by atoms with Crippen molar-refractivity contribution in [2.75, 3.05) is 6.54 Å². The highest BCUT2D eigenvalue weighted by Crippen LogP contribution is 2.17. The van der Waals surface area contributed by atoms with Gasteiger partial charge in [-0.1, -0.05) is 46.5 Å². The minimum absolute atomic E-state index is 0.327. The van der Waals surface area contributed by atoms with Gasteiger partial charge in [0, 0.05) is 0 Å². The second kappa shape index (κ2) is 10.6. The molecule has 1 unspecified atom stereocenters. The van der Waals surface area contributed by atoms with Crippen molar-refractivity contribution >= 4 is 12.0 Å². The van der Waals surface area contributed by atoms with Crippen LogP contribution in [-0.2, 0) is 9.63 Å². The average Bonchev–Trinajstić information content (AvgIpc) is 2.38. The van der Waals surface area contributed by atoms with Gasteiger partial charge in [-0.25, -0.2) is 9.59 Å². The Hall–Kier alpha value is -1.26. The summed E-state index contributed by atoms with van der Waals surface area (Å²) >= 11 is 0. The SMILES string of the molecule is CCCCC(CC)CC(=O)ON(CCCC)C(N)=O. The fourth-order valence-electron chi connectivity index (χ4n) is 1.84. The van der Waals surface area contributed by atoms with Crippen molar-refractivity contribution in [2.24, 2.45) is 11.7 Å². The topological polar surface area (TPSA) is 72.6 Å². The summed E-state index contributed by atoms with van der Waals surface area (Å²) in [5.41, 5.74) is 5.18. The summed E-state index contributed by atoms with van der Waals surface area (Å²) in [6, 6.07) is -0.705. The molecule has 0 aromatic rings. The fourth-order valence-corrected chi connectivity index (χ4v) is 1.84. The second-order valence-electron chi connectivity index (χ2n) is 4.88. The van der Waals surface area contributed by atoms with E-state index >= 15 is 0 Å². The van der Waals surface area contributed by atoms with Gasteiger partial charge in [-0.15, -0.1) is 0 Å². The molecule has 0 aliphatic carbocycles. The highest BCUT2D eigenvalue weighted by atomic mass is 16.7. The third kappa shape index (κ3) is 8.46. The van der Waals surface area contributed by atoms with Crippen LogP contribution in [0.25, 0.3) is 0 Å². The van der Waals surface area contributed by atoms with Crippen LogP contribution < -0.4 is 5.73 Å². The van der Waals surface area contributed by atoms with Crippen molar-refractivity contribution in [3.05, 3.63) is 0 Å². The van der Waals surface area contributed by atoms with E-state index in [1.54, 1.807) is 0 Å². The van der Waals surface area contributed by atoms with Crippen molar-refractivity contribution < 1.29 is 14.4 Å². The normalized spacial score (nSPS) is 11.9. The van der Waals surface area contributed by atoms with Crippen molar-refractivity contribution in [2.45, 2.75) is 65.7 Å². The minimum atomic E-state index is -0.705. The van der Waals surface area contributed by atoms with E-state index in [0.29, 0.717) is 18.9 Å². The Bertz CT molecular complexity index is 269. The van der Waals surface area contributed by atoms with Crippen LogP contribution in [0.4, 0.5) is 4.79 Å². The number of nitrogens with zero attached hydrogens (tertiary/aromatic N) is 1. The maximum absolute atomic E-state index is 11.8. The summed E-state index contributed by atoms with van der Waals surface area (Å²) in [6.07, 6.45) is 6.23. The highest BCUT2D eigenvalue weighted by Gasteiger charge is 2.18. The molecule has 0 aliphatic rings. The molecule has 0 fully saturated rings. The molecular formula is C14H28N2O3. The van der Waals surface area contributed by atoms with Gasteiger partial charge in [0.1, 0.15) is 0 Å². The van der Waals surface area contributed by atoms with Crippen LogP contribution in [0.2, 0.25) is 0 Å². The zero-order valence-electron chi connectivity index (χ0n) is 12.5. The summed E-state index contributed by atoms with van der Waals surface area (Å²) in [5.74, 6) is -0.0359. The Morgan fingerprint density at radius 3 is 2.26 bits per heavy atom. The maximum atomic E-state index is 11.8. The molecule has 19 heavy (non-hydrogen) atoms. The molecule has 5 heteroatoms. The number of unbranched alkanes of at least 4 members (excludes halogenated alkanes) is 2. The number of amides is 2. The number of primary amides is 1. The Morgan fingerprint density at radius 2 is 1.79 bits per heavy atom. The van der Waals surface area contributed by atoms with Crippen molar-refractivity contribution in [1.82, 2.24) is 5.06 Å². The monoisotopic (exact) mass is 272 g/mol. The third-order valence-corrected chi connectivity index (χ3v) is 3.17. The van der Waals surface area contributed by atoms with Gasteiger partial charge in [-0.2, -0.15) is 5.06 Å². The number of urea groups is 1. The van der Waals surface area contributed by atoms with Gasteiger partial charge < -0.3 is 10.6 Å². The molecule has 2 N–H and O–H groups in total. The van der Waals surface area contributed by atoms with Gasteiger partial charge in [0.15, 0.2) is 0 Å². The van der Waals surface area contributed by atoms with E-state index < -0.39 is 6.03 Å². The average molecular weight is 272 g/mol. The fraction of sp³-hybridized carbons (Fsp3) is 0.857. The number of carbonyl (C=O) groups is 2. The first-order chi connectivity index (χ1) is 9.04. The van der Waals surface area contributed by atoms with Crippen molar-refractivity contribution in [3.8, 4) is 0 Å². The van der Waals surface area contributed by atoms with Gasteiger partial charge in [-0.3, -0.25) is 0 Å². The van der Waals surface area contributed by atoms with Crippen LogP contribution in [0.3, 0.4) is 0 Å². The Morgan fingerprint density at radius 1 is 1.16 bits per heavy atom. The Labute approximate surface area is 116 Å². The molecule has 0 aromatic carbocycles. The molecule has 0 rings (SSSR count). The summed E-state index contributed by atoms with van der Waals surface area (Å²) in [6.45, 7) is 6.56. The third-order valence-electron chi connectivity index (χ3n) is 3.17. The first-order valence-electron chi connectivity index (χ1n) is 7.32. The molecule has 112 valence electrons. The van der Waals surface area contributed by atoms with Crippen LogP contribution >= 0.6 is 0 Å². The lowest BCUT2D eigenvalue weighted by atomic mass is 9.96. The van der Waals surface area contributed by atoms with Gasteiger partial charge in [0.05, 0.1) is 13.0 Å². The zero-order valence-corrected chi connectivity index (χ0v) is 12.5. The summed E-state index contributed by atoms with van der Waals surface area (Å²) in [4.78, 5) is 28.0. The highest BCUT2D eigenvalue weighted by molar-refractivity contribution is 5.75. The zero-order chi connectivity index (χ0) is 14.7. The van der Waals surface area contributed by atoms with Gasteiger partial charge in [-0.05, 0) is 18.8 Å². The second-order valence-corrected chi connectivity index (χ2v) is 4.88. The molecule has 1 atom stereocenters. The van der Waals surface area contributed by atoms with Gasteiger partial charge >= 0.3 is 12.0 Å². The van der Waals surface area contributed by atoms with E-state index in [0.717, 1.165) is 43.6 Å². The van der Waals surface area contributed by atoms with E-state index in [9.17, 15) is 9.59 Å². The van der Waals surface area contributed by atoms with Crippen LogP contribution in [0.15, 0.2) is 0 Å². The van der Waals surface area contributed by atoms with E-state index in [2.05, 4.69) is 13.8 Å². The van der Waals surface area contributed by atoms with Gasteiger partial charge in [0.2, 0.25) is 0 Å². The lowest BCUT2D eigenvalue weighted by Gasteiger charge is -2.20. The number of hydrogen-bond donors (Lipinski definition) is 1. The number of hydrogen-bond acceptors (Lipinski definition) is 3. The van der Waals surface area contributed by atoms with E-state index in [1.807, 2.05) is 6.92 Å². The number of carbonyl (C=O) groups excluding carboxylic acids is 2. The molecule has 0 saturated carbocycles. The maximum Gasteiger partial charge on any atom is 0.348 e. The molecule has 0 aliphatic heterocycles. The molecule has 2 amide bonds. The predicted octanol–water partition coefficient (Wildman–Crippen LogP) is 3.23. The van der Waals surface area contributed by atoms with Gasteiger partial charge in [0.25, 0.3) is 0 Å². The molecule has 0 heterocycles. The van der Waals surface area contributed by atoms with Crippen molar-refractivity contribution in [1.29, 1.82) is 0 Å². The molecule has 0 spiro atoms. The molecular weight excluding hydrogens is 244 g/mol. The van der Waals surface area contributed by atoms with Crippen molar-refractivity contribution in [3.63, 3.8) is 0 Å². The number of rotatable bonds is 9. The summed E-state index contributed by atoms with van der Waals surface area (Å²) in [5, 5.41) is 0.971. The van der Waals surface area contributed by atoms with Crippen LogP contribution in [0.1, 0.15) is 65.7 Å². The lowest BCUT2D eigenvalue weighted by Crippen LogP contribution is -2.38. The molecule has 0 aromatic heterocycles. The molecule has 0 bridgehead atoms. The summed E-state index contributed by atoms with van der Waals surface area (Å²) < 4.78 is 0. The predicted molar refractivity (Wildman–Crippen MR) is 75.2 cm³/mol. The largest absolute Gasteiger partial charge is 0.349 e. The Balaban J connectivity index is 4.19. The first-order valence-corrected chi connectivity index (χ1v) is 7.32. The quantitative estimate of drug-likeness (QED) is 0.655. The minimum Gasteiger partial charge on any atom is -0.349 e. The molecule has 5 nitrogen and oxygen atoms in total. The lowest BCUT2D eigenvalue weighted by molar-refractivity contribution is -0.177. The number of hydroxylamine groups is 2. The van der Waals surface area contributed by atoms with E-state index in [4.69, 9.17) is 10.6 Å². The molecule has 0 saturated heterocycles.